The molecule has 1 aromatic heterocycles. The molecule has 0 radical (unpaired) electrons. The van der Waals surface area contributed by atoms with Crippen LogP contribution in [0.1, 0.15) is 29.7 Å². The van der Waals surface area contributed by atoms with E-state index in [1.165, 1.54) is 18.2 Å². The number of aliphatic imine (C=N–C) groups is 1. The van der Waals surface area contributed by atoms with Crippen molar-refractivity contribution in [3.8, 4) is 23.8 Å². The van der Waals surface area contributed by atoms with Gasteiger partial charge in [-0.15, -0.1) is 0 Å². The van der Waals surface area contributed by atoms with Gasteiger partial charge in [-0.3, -0.25) is 5.32 Å². The number of fused-ring (bicyclic) bond motifs is 1. The van der Waals surface area contributed by atoms with Gasteiger partial charge in [0.25, 0.3) is 0 Å². The first-order chi connectivity index (χ1) is 14.4. The highest BCUT2D eigenvalue weighted by Gasteiger charge is 2.30. The summed E-state index contributed by atoms with van der Waals surface area (Å²) in [5.41, 5.74) is 12.8. The normalized spacial score (nSPS) is 14.6. The quantitative estimate of drug-likeness (QED) is 0.423. The zero-order valence-electron chi connectivity index (χ0n) is 15.6. The van der Waals surface area contributed by atoms with Crippen LogP contribution in [-0.4, -0.2) is 24.2 Å². The fraction of sp³-hybridized carbons (Fsp3) is 0.222. The molecule has 1 atom stereocenters. The Bertz CT molecular complexity index is 1090. The van der Waals surface area contributed by atoms with E-state index in [4.69, 9.17) is 21.5 Å². The van der Waals surface area contributed by atoms with Gasteiger partial charge in [0.05, 0.1) is 12.3 Å². The molecule has 6 N–H and O–H groups in total. The van der Waals surface area contributed by atoms with Crippen LogP contribution in [0.2, 0.25) is 0 Å². The second-order valence-corrected chi connectivity index (χ2v) is 5.92. The van der Waals surface area contributed by atoms with Crippen molar-refractivity contribution in [2.45, 2.75) is 19.6 Å². The summed E-state index contributed by atoms with van der Waals surface area (Å²) >= 11 is 0. The first-order valence-corrected chi connectivity index (χ1v) is 8.60. The zero-order valence-corrected chi connectivity index (χ0v) is 15.6. The number of aromatic nitrogens is 1. The van der Waals surface area contributed by atoms with Gasteiger partial charge in [0, 0.05) is 5.56 Å². The summed E-state index contributed by atoms with van der Waals surface area (Å²) in [6.07, 6.45) is 1.74. The predicted octanol–water partition coefficient (Wildman–Crippen LogP) is 2.06. The van der Waals surface area contributed by atoms with Crippen molar-refractivity contribution in [2.75, 3.05) is 23.4 Å². The Morgan fingerprint density at radius 1 is 1.30 bits per heavy atom. The van der Waals surface area contributed by atoms with E-state index in [1.807, 2.05) is 6.07 Å². The number of alkyl halides is 2. The van der Waals surface area contributed by atoms with Crippen LogP contribution < -0.4 is 31.6 Å². The van der Waals surface area contributed by atoms with E-state index >= 15 is 0 Å². The average molecular weight is 414 g/mol. The first kappa shape index (κ1) is 20.4. The number of nitrogen functional groups attached to an aromatic ring is 2. The maximum atomic E-state index is 12.7. The molecule has 0 saturated carbocycles. The van der Waals surface area contributed by atoms with Gasteiger partial charge < -0.3 is 26.3 Å². The van der Waals surface area contributed by atoms with Crippen molar-refractivity contribution < 1.29 is 18.3 Å². The summed E-state index contributed by atoms with van der Waals surface area (Å²) in [6.45, 7) is -1.13. The van der Waals surface area contributed by atoms with Crippen LogP contribution in [0.3, 0.4) is 0 Å². The molecule has 1 aliphatic rings. The minimum absolute atomic E-state index is 0.0184. The number of nitriles is 2. The van der Waals surface area contributed by atoms with E-state index in [1.54, 1.807) is 13.1 Å². The van der Waals surface area contributed by atoms with E-state index in [0.29, 0.717) is 11.1 Å². The molecule has 0 fully saturated rings. The molecule has 10 nitrogen and oxygen atoms in total. The second kappa shape index (κ2) is 8.36. The van der Waals surface area contributed by atoms with E-state index < -0.39 is 12.7 Å². The van der Waals surface area contributed by atoms with E-state index in [2.05, 4.69) is 25.3 Å². The van der Waals surface area contributed by atoms with E-state index in [-0.39, 0.29) is 47.0 Å². The molecule has 0 amide bonds. The number of nitrogens with one attached hydrogen (secondary N) is 2. The number of pyridine rings is 1. The lowest BCUT2D eigenvalue weighted by Crippen LogP contribution is -2.32. The summed E-state index contributed by atoms with van der Waals surface area (Å²) in [5.74, 6) is 0.103. The molecule has 1 unspecified atom stereocenters. The number of guanidine groups is 1. The minimum atomic E-state index is -3.03. The van der Waals surface area contributed by atoms with Gasteiger partial charge >= 0.3 is 6.61 Å². The highest BCUT2D eigenvalue weighted by Crippen LogP contribution is 2.42. The standard InChI is InChI=1S/C18H16F2N8O2/c1-2-29-11-5-8(3-4-10(11)30-17(19)20)14-12-13(23)9(6-21)15(24)27-16(12)28-18(26-14)25-7-22/h3-5,14,17H,2H2,1H3,(H6,23,24,25,26,27,28). The molecule has 0 saturated heterocycles. The monoisotopic (exact) mass is 414 g/mol. The van der Waals surface area contributed by atoms with Crippen LogP contribution in [0.25, 0.3) is 0 Å². The van der Waals surface area contributed by atoms with Crippen molar-refractivity contribution >= 4 is 23.3 Å². The summed E-state index contributed by atoms with van der Waals surface area (Å²) in [7, 11) is 0. The molecule has 0 aliphatic carbocycles. The number of nitrogens with two attached hydrogens (primary N) is 2. The van der Waals surface area contributed by atoms with Gasteiger partial charge in [0.15, 0.2) is 17.7 Å². The molecule has 1 aromatic carbocycles. The van der Waals surface area contributed by atoms with Crippen molar-refractivity contribution in [2.24, 2.45) is 4.99 Å². The predicted molar refractivity (Wildman–Crippen MR) is 104 cm³/mol. The van der Waals surface area contributed by atoms with Crippen molar-refractivity contribution in [1.82, 2.24) is 10.3 Å². The molecule has 3 rings (SSSR count). The topological polar surface area (TPSA) is 167 Å². The van der Waals surface area contributed by atoms with Crippen molar-refractivity contribution in [3.63, 3.8) is 0 Å². The molecular weight excluding hydrogens is 398 g/mol. The molecule has 30 heavy (non-hydrogen) atoms. The molecular formula is C18H16F2N8O2. The Hall–Kier alpha value is -4.32. The largest absolute Gasteiger partial charge is 0.490 e. The summed E-state index contributed by atoms with van der Waals surface area (Å²) in [6, 6.07) is 5.34. The van der Waals surface area contributed by atoms with Crippen LogP contribution >= 0.6 is 0 Å². The van der Waals surface area contributed by atoms with Crippen molar-refractivity contribution in [1.29, 1.82) is 10.5 Å². The lowest BCUT2D eigenvalue weighted by atomic mass is 9.95. The fourth-order valence-corrected chi connectivity index (χ4v) is 2.98. The second-order valence-electron chi connectivity index (χ2n) is 5.92. The van der Waals surface area contributed by atoms with Crippen LogP contribution in [0, 0.1) is 22.8 Å². The SMILES string of the molecule is CCOc1cc(C2N=C(NC#N)Nc3nc(N)c(C#N)c(N)c32)ccc1OC(F)F. The van der Waals surface area contributed by atoms with Gasteiger partial charge in [-0.05, 0) is 24.6 Å². The highest BCUT2D eigenvalue weighted by molar-refractivity contribution is 5.98. The van der Waals surface area contributed by atoms with Crippen LogP contribution in [0.4, 0.5) is 26.1 Å². The lowest BCUT2D eigenvalue weighted by Gasteiger charge is -2.26. The third-order valence-electron chi connectivity index (χ3n) is 4.16. The summed E-state index contributed by atoms with van der Waals surface area (Å²) in [5, 5.41) is 23.5. The van der Waals surface area contributed by atoms with Gasteiger partial charge in [-0.25, -0.2) is 9.98 Å². The number of benzene rings is 1. The third kappa shape index (κ3) is 3.79. The minimum Gasteiger partial charge on any atom is -0.490 e. The highest BCUT2D eigenvalue weighted by atomic mass is 19.3. The van der Waals surface area contributed by atoms with Gasteiger partial charge in [0.1, 0.15) is 29.3 Å². The third-order valence-corrected chi connectivity index (χ3v) is 4.16. The number of anilines is 3. The Morgan fingerprint density at radius 2 is 2.07 bits per heavy atom. The number of hydrogen-bond acceptors (Lipinski definition) is 10. The lowest BCUT2D eigenvalue weighted by molar-refractivity contribution is -0.0514. The van der Waals surface area contributed by atoms with Gasteiger partial charge in [-0.1, -0.05) is 6.07 Å². The Balaban J connectivity index is 2.18. The zero-order chi connectivity index (χ0) is 21.8. The smallest absolute Gasteiger partial charge is 0.387 e. The van der Waals surface area contributed by atoms with Crippen molar-refractivity contribution in [3.05, 3.63) is 34.9 Å². The number of hydrogen-bond donors (Lipinski definition) is 4. The van der Waals surface area contributed by atoms with Crippen LogP contribution in [0.15, 0.2) is 23.2 Å². The maximum absolute atomic E-state index is 12.7. The Kier molecular flexibility index (Phi) is 5.69. The Labute approximate surface area is 169 Å². The van der Waals surface area contributed by atoms with Gasteiger partial charge in [-0.2, -0.15) is 19.3 Å². The Morgan fingerprint density at radius 3 is 2.70 bits per heavy atom. The van der Waals surface area contributed by atoms with Gasteiger partial charge in [0.2, 0.25) is 5.96 Å². The number of halogens is 2. The fourth-order valence-electron chi connectivity index (χ4n) is 2.98. The summed E-state index contributed by atoms with van der Waals surface area (Å²) < 4.78 is 35.3. The first-order valence-electron chi connectivity index (χ1n) is 8.60. The van der Waals surface area contributed by atoms with Crippen LogP contribution in [0.5, 0.6) is 11.5 Å². The number of nitrogens with zero attached hydrogens (tertiary/aromatic N) is 4. The molecule has 12 heteroatoms. The summed E-state index contributed by atoms with van der Waals surface area (Å²) in [4.78, 5) is 8.55. The van der Waals surface area contributed by atoms with E-state index in [9.17, 15) is 14.0 Å². The molecule has 0 bridgehead atoms. The number of rotatable bonds is 5. The molecule has 0 spiro atoms. The molecule has 2 aromatic rings. The maximum Gasteiger partial charge on any atom is 0.387 e. The molecule has 2 heterocycles. The average Bonchev–Trinajstić information content (AvgIpc) is 2.69. The molecule has 154 valence electrons. The van der Waals surface area contributed by atoms with E-state index in [0.717, 1.165) is 0 Å². The molecule has 1 aliphatic heterocycles. The number of ether oxygens (including phenoxy) is 2. The van der Waals surface area contributed by atoms with Crippen LogP contribution in [-0.2, 0) is 0 Å².